The highest BCUT2D eigenvalue weighted by atomic mass is 32.1. The van der Waals surface area contributed by atoms with Gasteiger partial charge in [-0.25, -0.2) is 4.98 Å². The predicted molar refractivity (Wildman–Crippen MR) is 75.9 cm³/mol. The highest BCUT2D eigenvalue weighted by Crippen LogP contribution is 2.29. The molecule has 1 aromatic carbocycles. The number of nitrogens with one attached hydrogen (secondary N) is 1. The molecule has 0 saturated heterocycles. The number of aromatic nitrogens is 1. The second-order valence-electron chi connectivity index (χ2n) is 4.77. The summed E-state index contributed by atoms with van der Waals surface area (Å²) in [6, 6.07) is 9.38. The van der Waals surface area contributed by atoms with E-state index in [1.807, 2.05) is 11.6 Å². The lowest BCUT2D eigenvalue weighted by atomic mass is 9.88. The van der Waals surface area contributed by atoms with Gasteiger partial charge >= 0.3 is 0 Å². The number of rotatable bonds is 4. The molecule has 1 atom stereocenters. The lowest BCUT2D eigenvalue weighted by Crippen LogP contribution is -2.27. The van der Waals surface area contributed by atoms with Gasteiger partial charge in [0.2, 0.25) is 0 Å². The SMILES string of the molecule is c1ccc2c(c1)CCCC2NCCc1nccs1. The highest BCUT2D eigenvalue weighted by molar-refractivity contribution is 7.09. The van der Waals surface area contributed by atoms with Gasteiger partial charge in [-0.1, -0.05) is 24.3 Å². The predicted octanol–water partition coefficient (Wildman–Crippen LogP) is 3.35. The smallest absolute Gasteiger partial charge is 0.0937 e. The highest BCUT2D eigenvalue weighted by Gasteiger charge is 2.18. The topological polar surface area (TPSA) is 24.9 Å². The van der Waals surface area contributed by atoms with Crippen LogP contribution in [0.25, 0.3) is 0 Å². The second-order valence-corrected chi connectivity index (χ2v) is 5.75. The van der Waals surface area contributed by atoms with Gasteiger partial charge in [-0.05, 0) is 30.4 Å². The molecule has 0 bridgehead atoms. The van der Waals surface area contributed by atoms with Gasteiger partial charge in [-0.2, -0.15) is 0 Å². The Bertz CT molecular complexity index is 493. The summed E-state index contributed by atoms with van der Waals surface area (Å²) in [5.74, 6) is 0. The van der Waals surface area contributed by atoms with Crippen LogP contribution in [0.3, 0.4) is 0 Å². The molecule has 1 aromatic heterocycles. The van der Waals surface area contributed by atoms with Crippen LogP contribution >= 0.6 is 11.3 Å². The van der Waals surface area contributed by atoms with Crippen LogP contribution in [0.2, 0.25) is 0 Å². The van der Waals surface area contributed by atoms with Crippen LogP contribution in [0.5, 0.6) is 0 Å². The van der Waals surface area contributed by atoms with E-state index in [2.05, 4.69) is 34.6 Å². The van der Waals surface area contributed by atoms with Crippen molar-refractivity contribution in [1.29, 1.82) is 0 Å². The number of nitrogens with zero attached hydrogens (tertiary/aromatic N) is 1. The van der Waals surface area contributed by atoms with E-state index in [0.29, 0.717) is 6.04 Å². The molecule has 1 unspecified atom stereocenters. The molecule has 0 saturated carbocycles. The molecule has 3 rings (SSSR count). The van der Waals surface area contributed by atoms with Crippen LogP contribution < -0.4 is 5.32 Å². The van der Waals surface area contributed by atoms with Crippen molar-refractivity contribution in [2.24, 2.45) is 0 Å². The molecule has 1 heterocycles. The molecule has 0 radical (unpaired) electrons. The fraction of sp³-hybridized carbons (Fsp3) is 0.400. The van der Waals surface area contributed by atoms with Gasteiger partial charge in [0.15, 0.2) is 0 Å². The summed E-state index contributed by atoms with van der Waals surface area (Å²) in [7, 11) is 0. The Morgan fingerprint density at radius 2 is 2.28 bits per heavy atom. The average molecular weight is 258 g/mol. The van der Waals surface area contributed by atoms with E-state index in [1.165, 1.54) is 35.4 Å². The lowest BCUT2D eigenvalue weighted by molar-refractivity contribution is 0.463. The summed E-state index contributed by atoms with van der Waals surface area (Å²) in [6.45, 7) is 1.02. The van der Waals surface area contributed by atoms with Crippen molar-refractivity contribution >= 4 is 11.3 Å². The molecule has 0 aliphatic heterocycles. The Morgan fingerprint density at radius 3 is 3.17 bits per heavy atom. The first-order valence-electron chi connectivity index (χ1n) is 6.63. The molecule has 94 valence electrons. The molecule has 2 nitrogen and oxygen atoms in total. The van der Waals surface area contributed by atoms with E-state index in [1.54, 1.807) is 11.3 Å². The normalized spacial score (nSPS) is 18.6. The van der Waals surface area contributed by atoms with Crippen LogP contribution in [0.15, 0.2) is 35.8 Å². The molecule has 18 heavy (non-hydrogen) atoms. The van der Waals surface area contributed by atoms with Crippen LogP contribution in [0.4, 0.5) is 0 Å². The zero-order chi connectivity index (χ0) is 12.2. The van der Waals surface area contributed by atoms with E-state index in [9.17, 15) is 0 Å². The minimum atomic E-state index is 0.537. The molecule has 2 aromatic rings. The number of hydrogen-bond donors (Lipinski definition) is 1. The summed E-state index contributed by atoms with van der Waals surface area (Å²) in [4.78, 5) is 4.32. The third kappa shape index (κ3) is 2.62. The minimum absolute atomic E-state index is 0.537. The Labute approximate surface area is 112 Å². The zero-order valence-corrected chi connectivity index (χ0v) is 11.2. The van der Waals surface area contributed by atoms with Crippen LogP contribution in [0.1, 0.15) is 35.0 Å². The first kappa shape index (κ1) is 11.9. The molecule has 1 aliphatic carbocycles. The standard InChI is InChI=1S/C15H18N2S/c1-2-6-13-12(4-1)5-3-7-14(13)16-9-8-15-17-10-11-18-15/h1-2,4,6,10-11,14,16H,3,5,7-9H2. The van der Waals surface area contributed by atoms with Crippen molar-refractivity contribution in [3.63, 3.8) is 0 Å². The van der Waals surface area contributed by atoms with E-state index >= 15 is 0 Å². The van der Waals surface area contributed by atoms with Crippen LogP contribution in [0, 0.1) is 0 Å². The molecule has 0 fully saturated rings. The molecular weight excluding hydrogens is 240 g/mol. The molecular formula is C15H18N2S. The Balaban J connectivity index is 1.60. The number of benzene rings is 1. The average Bonchev–Trinajstić information content (AvgIpc) is 2.92. The fourth-order valence-corrected chi connectivity index (χ4v) is 3.32. The largest absolute Gasteiger partial charge is 0.310 e. The van der Waals surface area contributed by atoms with E-state index < -0.39 is 0 Å². The quantitative estimate of drug-likeness (QED) is 0.909. The van der Waals surface area contributed by atoms with E-state index in [4.69, 9.17) is 0 Å². The summed E-state index contributed by atoms with van der Waals surface area (Å²) >= 11 is 1.74. The van der Waals surface area contributed by atoms with Gasteiger partial charge in [-0.15, -0.1) is 11.3 Å². The molecule has 1 aliphatic rings. The third-order valence-corrected chi connectivity index (χ3v) is 4.42. The molecule has 0 amide bonds. The maximum absolute atomic E-state index is 4.32. The van der Waals surface area contributed by atoms with Gasteiger partial charge in [-0.3, -0.25) is 0 Å². The van der Waals surface area contributed by atoms with Crippen molar-refractivity contribution in [2.75, 3.05) is 6.54 Å². The molecule has 0 spiro atoms. The Kier molecular flexibility index (Phi) is 3.72. The minimum Gasteiger partial charge on any atom is -0.310 e. The lowest BCUT2D eigenvalue weighted by Gasteiger charge is -2.26. The number of hydrogen-bond acceptors (Lipinski definition) is 3. The Morgan fingerprint density at radius 1 is 1.33 bits per heavy atom. The Hall–Kier alpha value is -1.19. The number of thiazole rings is 1. The second kappa shape index (κ2) is 5.63. The van der Waals surface area contributed by atoms with Crippen molar-refractivity contribution in [3.8, 4) is 0 Å². The van der Waals surface area contributed by atoms with Gasteiger partial charge in [0, 0.05) is 30.6 Å². The summed E-state index contributed by atoms with van der Waals surface area (Å²) < 4.78 is 0. The van der Waals surface area contributed by atoms with Gasteiger partial charge < -0.3 is 5.32 Å². The zero-order valence-electron chi connectivity index (χ0n) is 10.4. The maximum Gasteiger partial charge on any atom is 0.0937 e. The summed E-state index contributed by atoms with van der Waals surface area (Å²) in [5.41, 5.74) is 3.03. The molecule has 3 heteroatoms. The van der Waals surface area contributed by atoms with E-state index in [-0.39, 0.29) is 0 Å². The van der Waals surface area contributed by atoms with Gasteiger partial charge in [0.05, 0.1) is 5.01 Å². The van der Waals surface area contributed by atoms with Crippen molar-refractivity contribution in [2.45, 2.75) is 31.7 Å². The maximum atomic E-state index is 4.32. The van der Waals surface area contributed by atoms with Crippen LogP contribution in [-0.2, 0) is 12.8 Å². The molecule has 1 N–H and O–H groups in total. The first-order chi connectivity index (χ1) is 8.93. The number of aryl methyl sites for hydroxylation is 1. The van der Waals surface area contributed by atoms with Gasteiger partial charge in [0.1, 0.15) is 0 Å². The first-order valence-corrected chi connectivity index (χ1v) is 7.51. The van der Waals surface area contributed by atoms with Crippen molar-refractivity contribution < 1.29 is 0 Å². The van der Waals surface area contributed by atoms with Crippen molar-refractivity contribution in [1.82, 2.24) is 10.3 Å². The van der Waals surface area contributed by atoms with Crippen molar-refractivity contribution in [3.05, 3.63) is 52.0 Å². The summed E-state index contributed by atoms with van der Waals surface area (Å²) in [6.07, 6.45) is 6.72. The fourth-order valence-electron chi connectivity index (χ4n) is 2.70. The third-order valence-electron chi connectivity index (χ3n) is 3.58. The summed E-state index contributed by atoms with van der Waals surface area (Å²) in [5, 5.41) is 6.96. The van der Waals surface area contributed by atoms with Gasteiger partial charge in [0.25, 0.3) is 0 Å². The number of fused-ring (bicyclic) bond motifs is 1. The monoisotopic (exact) mass is 258 g/mol. The van der Waals surface area contributed by atoms with E-state index in [0.717, 1.165) is 13.0 Å². The van der Waals surface area contributed by atoms with Crippen LogP contribution in [-0.4, -0.2) is 11.5 Å².